The molecule has 0 radical (unpaired) electrons. The Morgan fingerprint density at radius 1 is 1.14 bits per heavy atom. The molecule has 4 rings (SSSR count). The van der Waals surface area contributed by atoms with Crippen molar-refractivity contribution in [2.75, 3.05) is 19.7 Å². The summed E-state index contributed by atoms with van der Waals surface area (Å²) < 4.78 is 24.4. The Bertz CT molecular complexity index is 1180. The number of alkyl carbamates (subject to hydrolysis) is 1. The van der Waals surface area contributed by atoms with Gasteiger partial charge in [-0.25, -0.2) is 9.18 Å². The molecule has 0 spiro atoms. The predicted molar refractivity (Wildman–Crippen MR) is 133 cm³/mol. The van der Waals surface area contributed by atoms with Gasteiger partial charge in [0.1, 0.15) is 23.8 Å². The van der Waals surface area contributed by atoms with Gasteiger partial charge in [-0.05, 0) is 74.4 Å². The zero-order valence-corrected chi connectivity index (χ0v) is 21.1. The number of likely N-dealkylation sites (tertiary alicyclic amines) is 1. The second kappa shape index (κ2) is 11.4. The molecule has 0 bridgehead atoms. The summed E-state index contributed by atoms with van der Waals surface area (Å²) >= 11 is 0. The minimum Gasteiger partial charge on any atom is -0.491 e. The van der Waals surface area contributed by atoms with Gasteiger partial charge >= 0.3 is 6.09 Å². The van der Waals surface area contributed by atoms with Crippen LogP contribution in [0.2, 0.25) is 0 Å². The highest BCUT2D eigenvalue weighted by atomic mass is 19.1. The third-order valence-electron chi connectivity index (χ3n) is 5.87. The SMILES string of the molecule is CC(C)(C)OC(=O)N[C@H](COc1ccc(C(=O)N2CC[C@@H](c3ccc(F)cc3)C2)cc1)Cn1ncnn1. The van der Waals surface area contributed by atoms with E-state index in [1.54, 1.807) is 57.2 Å². The molecule has 1 aliphatic rings. The Labute approximate surface area is 214 Å². The summed E-state index contributed by atoms with van der Waals surface area (Å²) in [5, 5.41) is 14.3. The highest BCUT2D eigenvalue weighted by molar-refractivity contribution is 5.94. The van der Waals surface area contributed by atoms with Gasteiger partial charge in [0.2, 0.25) is 0 Å². The molecule has 0 unspecified atom stereocenters. The van der Waals surface area contributed by atoms with Crippen LogP contribution in [0.3, 0.4) is 0 Å². The number of rotatable bonds is 8. The average molecular weight is 511 g/mol. The monoisotopic (exact) mass is 510 g/mol. The van der Waals surface area contributed by atoms with Crippen LogP contribution in [0.1, 0.15) is 49.0 Å². The molecule has 1 saturated heterocycles. The molecule has 1 aliphatic heterocycles. The number of tetrazole rings is 1. The molecule has 37 heavy (non-hydrogen) atoms. The Hall–Kier alpha value is -4.02. The molecule has 11 heteroatoms. The number of hydrogen-bond donors (Lipinski definition) is 1. The maximum Gasteiger partial charge on any atom is 0.408 e. The van der Waals surface area contributed by atoms with Gasteiger partial charge in [0.05, 0.1) is 12.6 Å². The van der Waals surface area contributed by atoms with Crippen molar-refractivity contribution in [3.8, 4) is 5.75 Å². The topological polar surface area (TPSA) is 111 Å². The number of amides is 2. The molecule has 1 N–H and O–H groups in total. The molecule has 2 atom stereocenters. The maximum absolute atomic E-state index is 13.2. The summed E-state index contributed by atoms with van der Waals surface area (Å²) in [5.41, 5.74) is 0.955. The molecule has 3 aromatic rings. The van der Waals surface area contributed by atoms with E-state index in [9.17, 15) is 14.0 Å². The fourth-order valence-corrected chi connectivity index (χ4v) is 4.11. The van der Waals surface area contributed by atoms with Gasteiger partial charge in [-0.1, -0.05) is 12.1 Å². The van der Waals surface area contributed by atoms with E-state index in [0.717, 1.165) is 12.0 Å². The molecule has 2 amide bonds. The number of halogens is 1. The van der Waals surface area contributed by atoms with Gasteiger partial charge in [-0.3, -0.25) is 4.79 Å². The van der Waals surface area contributed by atoms with Gasteiger partial charge in [-0.2, -0.15) is 4.80 Å². The van der Waals surface area contributed by atoms with Crippen molar-refractivity contribution >= 4 is 12.0 Å². The first-order chi connectivity index (χ1) is 17.7. The molecular weight excluding hydrogens is 479 g/mol. The van der Waals surface area contributed by atoms with Crippen molar-refractivity contribution in [1.29, 1.82) is 0 Å². The number of benzene rings is 2. The molecule has 196 valence electrons. The van der Waals surface area contributed by atoms with Crippen molar-refractivity contribution in [3.63, 3.8) is 0 Å². The largest absolute Gasteiger partial charge is 0.491 e. The maximum atomic E-state index is 13.2. The lowest BCUT2D eigenvalue weighted by molar-refractivity contribution is 0.0477. The van der Waals surface area contributed by atoms with E-state index in [0.29, 0.717) is 24.4 Å². The fraction of sp³-hybridized carbons (Fsp3) is 0.423. The van der Waals surface area contributed by atoms with Crippen molar-refractivity contribution in [2.45, 2.75) is 51.3 Å². The molecule has 2 heterocycles. The summed E-state index contributed by atoms with van der Waals surface area (Å²) in [6, 6.07) is 12.9. The molecule has 1 fully saturated rings. The zero-order valence-electron chi connectivity index (χ0n) is 21.1. The first-order valence-electron chi connectivity index (χ1n) is 12.1. The second-order valence-corrected chi connectivity index (χ2v) is 9.96. The third kappa shape index (κ3) is 7.48. The number of carbonyl (C=O) groups is 2. The van der Waals surface area contributed by atoms with Gasteiger partial charge in [0, 0.05) is 24.6 Å². The van der Waals surface area contributed by atoms with Crippen LogP contribution in [0.4, 0.5) is 9.18 Å². The quantitative estimate of drug-likeness (QED) is 0.494. The first kappa shape index (κ1) is 26.1. The van der Waals surface area contributed by atoms with Crippen LogP contribution in [0, 0.1) is 5.82 Å². The molecular formula is C26H31FN6O4. The normalized spacial score (nSPS) is 16.3. The standard InChI is InChI=1S/C26H31FN6O4/c1-26(2,3)37-25(35)30-22(15-33-29-17-28-31-33)16-36-23-10-6-19(7-11-23)24(34)32-13-12-20(14-32)18-4-8-21(27)9-5-18/h4-11,17,20,22H,12-16H2,1-3H3,(H,30,35)/t20-,22+/m1/s1. The van der Waals surface area contributed by atoms with E-state index in [-0.39, 0.29) is 30.8 Å². The van der Waals surface area contributed by atoms with Crippen molar-refractivity contribution in [3.05, 3.63) is 71.8 Å². The summed E-state index contributed by atoms with van der Waals surface area (Å²) in [5.74, 6) is 0.419. The van der Waals surface area contributed by atoms with Crippen molar-refractivity contribution in [1.82, 2.24) is 30.4 Å². The van der Waals surface area contributed by atoms with E-state index in [4.69, 9.17) is 9.47 Å². The molecule has 1 aromatic heterocycles. The van der Waals surface area contributed by atoms with Crippen LogP contribution in [0.5, 0.6) is 5.75 Å². The highest BCUT2D eigenvalue weighted by Gasteiger charge is 2.28. The van der Waals surface area contributed by atoms with Crippen molar-refractivity contribution in [2.24, 2.45) is 0 Å². The lowest BCUT2D eigenvalue weighted by Gasteiger charge is -2.23. The average Bonchev–Trinajstić information content (AvgIpc) is 3.54. The third-order valence-corrected chi connectivity index (χ3v) is 5.87. The highest BCUT2D eigenvalue weighted by Crippen LogP contribution is 2.28. The first-order valence-corrected chi connectivity index (χ1v) is 12.1. The van der Waals surface area contributed by atoms with Gasteiger partial charge in [0.25, 0.3) is 5.91 Å². The fourth-order valence-electron chi connectivity index (χ4n) is 4.11. The summed E-state index contributed by atoms with van der Waals surface area (Å²) in [7, 11) is 0. The minimum atomic E-state index is -0.641. The van der Waals surface area contributed by atoms with Gasteiger partial charge in [-0.15, -0.1) is 10.2 Å². The number of nitrogens with zero attached hydrogens (tertiary/aromatic N) is 5. The minimum absolute atomic E-state index is 0.0575. The van der Waals surface area contributed by atoms with Crippen LogP contribution < -0.4 is 10.1 Å². The van der Waals surface area contributed by atoms with Crippen LogP contribution in [-0.2, 0) is 11.3 Å². The van der Waals surface area contributed by atoms with Crippen LogP contribution in [0.15, 0.2) is 54.9 Å². The number of nitrogens with one attached hydrogen (secondary N) is 1. The van der Waals surface area contributed by atoms with E-state index in [1.807, 2.05) is 4.90 Å². The lowest BCUT2D eigenvalue weighted by Crippen LogP contribution is -2.44. The Kier molecular flexibility index (Phi) is 8.00. The number of hydrogen-bond acceptors (Lipinski definition) is 7. The zero-order chi connectivity index (χ0) is 26.4. The lowest BCUT2D eigenvalue weighted by atomic mass is 9.99. The van der Waals surface area contributed by atoms with E-state index >= 15 is 0 Å². The van der Waals surface area contributed by atoms with Crippen LogP contribution in [0.25, 0.3) is 0 Å². The number of aromatic nitrogens is 4. The van der Waals surface area contributed by atoms with Crippen molar-refractivity contribution < 1.29 is 23.5 Å². The second-order valence-electron chi connectivity index (χ2n) is 9.96. The Balaban J connectivity index is 1.33. The van der Waals surface area contributed by atoms with Crippen LogP contribution in [-0.4, -0.2) is 68.4 Å². The summed E-state index contributed by atoms with van der Waals surface area (Å²) in [4.78, 5) is 28.4. The van der Waals surface area contributed by atoms with E-state index in [1.165, 1.54) is 23.3 Å². The predicted octanol–water partition coefficient (Wildman–Crippen LogP) is 3.41. The molecule has 10 nitrogen and oxygen atoms in total. The Morgan fingerprint density at radius 2 is 1.86 bits per heavy atom. The smallest absolute Gasteiger partial charge is 0.408 e. The van der Waals surface area contributed by atoms with Gasteiger partial charge in [0.15, 0.2) is 6.33 Å². The molecule has 0 aliphatic carbocycles. The summed E-state index contributed by atoms with van der Waals surface area (Å²) in [6.45, 7) is 6.95. The Morgan fingerprint density at radius 3 is 2.51 bits per heavy atom. The number of ether oxygens (including phenoxy) is 2. The number of carbonyl (C=O) groups excluding carboxylic acids is 2. The van der Waals surface area contributed by atoms with E-state index in [2.05, 4.69) is 20.7 Å². The molecule has 0 saturated carbocycles. The molecule has 2 aromatic carbocycles. The van der Waals surface area contributed by atoms with E-state index < -0.39 is 17.7 Å². The van der Waals surface area contributed by atoms with Gasteiger partial charge < -0.3 is 19.7 Å². The summed E-state index contributed by atoms with van der Waals surface area (Å²) in [6.07, 6.45) is 1.57. The van der Waals surface area contributed by atoms with Crippen LogP contribution >= 0.6 is 0 Å².